The van der Waals surface area contributed by atoms with Crippen LogP contribution in [0.25, 0.3) is 5.65 Å². The van der Waals surface area contributed by atoms with Crippen LogP contribution in [-0.4, -0.2) is 45.0 Å². The quantitative estimate of drug-likeness (QED) is 0.927. The number of piperidine rings is 1. The number of rotatable bonds is 4. The molecule has 1 aliphatic heterocycles. The molecule has 1 unspecified atom stereocenters. The highest BCUT2D eigenvalue weighted by molar-refractivity contribution is 5.78. The van der Waals surface area contributed by atoms with E-state index in [1.807, 2.05) is 39.9 Å². The van der Waals surface area contributed by atoms with Crippen molar-refractivity contribution in [2.75, 3.05) is 19.7 Å². The van der Waals surface area contributed by atoms with E-state index in [4.69, 9.17) is 5.11 Å². The van der Waals surface area contributed by atoms with Gasteiger partial charge in [0.15, 0.2) is 0 Å². The lowest BCUT2D eigenvalue weighted by Gasteiger charge is -2.32. The molecule has 1 atom stereocenters. The lowest BCUT2D eigenvalue weighted by atomic mass is 9.95. The molecule has 0 saturated carbocycles. The minimum atomic E-state index is 0.140. The van der Waals surface area contributed by atoms with Crippen molar-refractivity contribution < 1.29 is 9.90 Å². The standard InChI is InChI=1S/C16H21N3O2/c20-9-6-13-4-3-8-19(11-13)16(21)10-14-12-18-7-2-1-5-15(18)17-14/h1-2,5,7,12-13,20H,3-4,6,8-11H2. The third-order valence-corrected chi connectivity index (χ3v) is 4.16. The number of nitrogens with zero attached hydrogens (tertiary/aromatic N) is 3. The Hall–Kier alpha value is -1.88. The maximum atomic E-state index is 12.4. The topological polar surface area (TPSA) is 57.8 Å². The van der Waals surface area contributed by atoms with Crippen molar-refractivity contribution in [1.82, 2.24) is 14.3 Å². The number of fused-ring (bicyclic) bond motifs is 1. The average Bonchev–Trinajstić information content (AvgIpc) is 2.90. The van der Waals surface area contributed by atoms with Crippen molar-refractivity contribution in [3.63, 3.8) is 0 Å². The summed E-state index contributed by atoms with van der Waals surface area (Å²) in [6, 6.07) is 5.83. The SMILES string of the molecule is O=C(Cc1cn2ccccc2n1)N1CCCC(CCO)C1. The highest BCUT2D eigenvalue weighted by atomic mass is 16.3. The molecular formula is C16H21N3O2. The van der Waals surface area contributed by atoms with Gasteiger partial charge in [0.2, 0.25) is 5.91 Å². The number of carbonyl (C=O) groups is 1. The summed E-state index contributed by atoms with van der Waals surface area (Å²) >= 11 is 0. The van der Waals surface area contributed by atoms with Crippen molar-refractivity contribution in [3.8, 4) is 0 Å². The van der Waals surface area contributed by atoms with Crippen LogP contribution in [0, 0.1) is 5.92 Å². The zero-order valence-electron chi connectivity index (χ0n) is 12.1. The highest BCUT2D eigenvalue weighted by Gasteiger charge is 2.23. The largest absolute Gasteiger partial charge is 0.396 e. The van der Waals surface area contributed by atoms with Gasteiger partial charge in [0.1, 0.15) is 5.65 Å². The molecule has 1 saturated heterocycles. The molecule has 0 aliphatic carbocycles. The van der Waals surface area contributed by atoms with E-state index in [2.05, 4.69) is 4.98 Å². The first kappa shape index (κ1) is 14.1. The zero-order chi connectivity index (χ0) is 14.7. The fourth-order valence-corrected chi connectivity index (χ4v) is 3.05. The number of amides is 1. The monoisotopic (exact) mass is 287 g/mol. The Morgan fingerprint density at radius 1 is 1.43 bits per heavy atom. The van der Waals surface area contributed by atoms with Crippen molar-refractivity contribution in [2.24, 2.45) is 5.92 Å². The van der Waals surface area contributed by atoms with E-state index < -0.39 is 0 Å². The van der Waals surface area contributed by atoms with Crippen LogP contribution < -0.4 is 0 Å². The number of aliphatic hydroxyl groups excluding tert-OH is 1. The minimum absolute atomic E-state index is 0.140. The first-order chi connectivity index (χ1) is 10.3. The third kappa shape index (κ3) is 3.24. The predicted octanol–water partition coefficient (Wildman–Crippen LogP) is 1.50. The maximum absolute atomic E-state index is 12.4. The van der Waals surface area contributed by atoms with Gasteiger partial charge in [0.05, 0.1) is 12.1 Å². The van der Waals surface area contributed by atoms with Gasteiger partial charge >= 0.3 is 0 Å². The number of aliphatic hydroxyl groups is 1. The van der Waals surface area contributed by atoms with Crippen molar-refractivity contribution in [2.45, 2.75) is 25.7 Å². The molecule has 5 heteroatoms. The number of hydrogen-bond acceptors (Lipinski definition) is 3. The molecule has 2 aromatic rings. The molecule has 3 rings (SSSR count). The van der Waals surface area contributed by atoms with Crippen LogP contribution in [0.1, 0.15) is 25.0 Å². The fraction of sp³-hybridized carbons (Fsp3) is 0.500. The lowest BCUT2D eigenvalue weighted by Crippen LogP contribution is -2.41. The summed E-state index contributed by atoms with van der Waals surface area (Å²) in [5.41, 5.74) is 1.69. The number of carbonyl (C=O) groups excluding carboxylic acids is 1. The Kier molecular flexibility index (Phi) is 4.20. The van der Waals surface area contributed by atoms with Crippen molar-refractivity contribution in [1.29, 1.82) is 0 Å². The predicted molar refractivity (Wildman–Crippen MR) is 79.9 cm³/mol. The molecule has 0 bridgehead atoms. The van der Waals surface area contributed by atoms with Crippen LogP contribution in [0.15, 0.2) is 30.6 Å². The minimum Gasteiger partial charge on any atom is -0.396 e. The smallest absolute Gasteiger partial charge is 0.228 e. The highest BCUT2D eigenvalue weighted by Crippen LogP contribution is 2.20. The normalized spacial score (nSPS) is 19.1. The summed E-state index contributed by atoms with van der Waals surface area (Å²) in [5, 5.41) is 9.04. The molecule has 112 valence electrons. The Morgan fingerprint density at radius 3 is 3.14 bits per heavy atom. The van der Waals surface area contributed by atoms with E-state index in [1.165, 1.54) is 0 Å². The molecule has 2 aromatic heterocycles. The van der Waals surface area contributed by atoms with Crippen LogP contribution in [0.3, 0.4) is 0 Å². The van der Waals surface area contributed by atoms with E-state index >= 15 is 0 Å². The summed E-state index contributed by atoms with van der Waals surface area (Å²) in [7, 11) is 0. The van der Waals surface area contributed by atoms with E-state index in [1.54, 1.807) is 0 Å². The van der Waals surface area contributed by atoms with Gasteiger partial charge in [-0.2, -0.15) is 0 Å². The van der Waals surface area contributed by atoms with Crippen LogP contribution in [0.5, 0.6) is 0 Å². The summed E-state index contributed by atoms with van der Waals surface area (Å²) in [6.45, 7) is 1.81. The molecule has 1 fully saturated rings. The van der Waals surface area contributed by atoms with Gasteiger partial charge < -0.3 is 14.4 Å². The summed E-state index contributed by atoms with van der Waals surface area (Å²) in [5.74, 6) is 0.579. The number of imidazole rings is 1. The molecule has 0 aromatic carbocycles. The fourth-order valence-electron chi connectivity index (χ4n) is 3.05. The second-order valence-electron chi connectivity index (χ2n) is 5.74. The van der Waals surface area contributed by atoms with E-state index in [0.717, 1.165) is 43.7 Å². The molecule has 0 spiro atoms. The summed E-state index contributed by atoms with van der Waals surface area (Å²) in [4.78, 5) is 18.8. The second-order valence-corrected chi connectivity index (χ2v) is 5.74. The number of pyridine rings is 1. The van der Waals surface area contributed by atoms with Gasteiger partial charge in [0.25, 0.3) is 0 Å². The van der Waals surface area contributed by atoms with Gasteiger partial charge in [-0.05, 0) is 37.3 Å². The first-order valence-electron chi connectivity index (χ1n) is 7.57. The first-order valence-corrected chi connectivity index (χ1v) is 7.57. The molecule has 1 amide bonds. The Labute approximate surface area is 124 Å². The van der Waals surface area contributed by atoms with Gasteiger partial charge in [-0.3, -0.25) is 4.79 Å². The van der Waals surface area contributed by atoms with Crippen LogP contribution in [0.2, 0.25) is 0 Å². The van der Waals surface area contributed by atoms with Gasteiger partial charge in [-0.25, -0.2) is 4.98 Å². The molecule has 1 aliphatic rings. The average molecular weight is 287 g/mol. The van der Waals surface area contributed by atoms with Gasteiger partial charge in [0, 0.05) is 32.1 Å². The molecular weight excluding hydrogens is 266 g/mol. The number of hydrogen-bond donors (Lipinski definition) is 1. The molecule has 21 heavy (non-hydrogen) atoms. The number of aromatic nitrogens is 2. The van der Waals surface area contributed by atoms with Crippen molar-refractivity contribution in [3.05, 3.63) is 36.3 Å². The third-order valence-electron chi connectivity index (χ3n) is 4.16. The van der Waals surface area contributed by atoms with Crippen molar-refractivity contribution >= 4 is 11.6 Å². The van der Waals surface area contributed by atoms with Gasteiger partial charge in [-0.15, -0.1) is 0 Å². The van der Waals surface area contributed by atoms with Crippen LogP contribution in [0.4, 0.5) is 0 Å². The summed E-state index contributed by atoms with van der Waals surface area (Å²) in [6.07, 6.45) is 7.14. The van der Waals surface area contributed by atoms with Crippen LogP contribution >= 0.6 is 0 Å². The zero-order valence-corrected chi connectivity index (χ0v) is 12.1. The molecule has 5 nitrogen and oxygen atoms in total. The lowest BCUT2D eigenvalue weighted by molar-refractivity contribution is -0.132. The molecule has 0 radical (unpaired) electrons. The Bertz CT molecular complexity index is 588. The maximum Gasteiger partial charge on any atom is 0.228 e. The Morgan fingerprint density at radius 2 is 2.33 bits per heavy atom. The van der Waals surface area contributed by atoms with E-state index in [0.29, 0.717) is 12.3 Å². The number of likely N-dealkylation sites (tertiary alicyclic amines) is 1. The second kappa shape index (κ2) is 6.26. The van der Waals surface area contributed by atoms with E-state index in [9.17, 15) is 4.79 Å². The van der Waals surface area contributed by atoms with Gasteiger partial charge in [-0.1, -0.05) is 6.07 Å². The summed E-state index contributed by atoms with van der Waals surface area (Å²) < 4.78 is 1.94. The Balaban J connectivity index is 1.65. The molecule has 3 heterocycles. The molecule has 1 N–H and O–H groups in total. The van der Waals surface area contributed by atoms with Crippen LogP contribution in [-0.2, 0) is 11.2 Å². The van der Waals surface area contributed by atoms with E-state index in [-0.39, 0.29) is 12.5 Å².